The summed E-state index contributed by atoms with van der Waals surface area (Å²) in [4.78, 5) is 25.9. The minimum Gasteiger partial charge on any atom is -0.353 e. The number of likely N-dealkylation sites (tertiary alicyclic amines) is 1. The van der Waals surface area contributed by atoms with E-state index in [9.17, 15) is 9.59 Å². The molecule has 1 aliphatic heterocycles. The van der Waals surface area contributed by atoms with Crippen molar-refractivity contribution in [3.63, 3.8) is 0 Å². The van der Waals surface area contributed by atoms with Crippen LogP contribution >= 0.6 is 0 Å². The Hall–Kier alpha value is -2.04. The molecular weight excluding hydrogens is 350 g/mol. The Labute approximate surface area is 169 Å². The molecule has 1 saturated carbocycles. The zero-order valence-electron chi connectivity index (χ0n) is 17.4. The smallest absolute Gasteiger partial charge is 0.317 e. The Bertz CT molecular complexity index is 644. The molecule has 1 aliphatic carbocycles. The van der Waals surface area contributed by atoms with Crippen LogP contribution in [0.5, 0.6) is 0 Å². The van der Waals surface area contributed by atoms with Gasteiger partial charge in [0.05, 0.1) is 0 Å². The van der Waals surface area contributed by atoms with Gasteiger partial charge in [0.2, 0.25) is 5.91 Å². The summed E-state index contributed by atoms with van der Waals surface area (Å²) in [6.07, 6.45) is 6.88. The summed E-state index contributed by atoms with van der Waals surface area (Å²) in [6, 6.07) is 9.26. The summed E-state index contributed by atoms with van der Waals surface area (Å²) < 4.78 is 0. The summed E-state index contributed by atoms with van der Waals surface area (Å²) in [6.45, 7) is 6.67. The van der Waals surface area contributed by atoms with Crippen molar-refractivity contribution < 1.29 is 9.59 Å². The van der Waals surface area contributed by atoms with E-state index in [0.29, 0.717) is 24.3 Å². The monoisotopic (exact) mass is 385 g/mol. The standard InChI is InChI=1S/C23H35N3O2/c1-17(2)16-24-23(28)26-13-11-20(12-14-26)15-19-5-3-18(4-6-19)7-10-22(27)25-21-8-9-21/h3-6,17,20-21H,7-16H2,1-2H3,(H,24,28)(H,25,27). The third-order valence-corrected chi connectivity index (χ3v) is 5.69. The third-order valence-electron chi connectivity index (χ3n) is 5.69. The van der Waals surface area contributed by atoms with Crippen LogP contribution in [0.3, 0.4) is 0 Å². The normalized spacial score (nSPS) is 17.6. The van der Waals surface area contributed by atoms with Gasteiger partial charge in [0.15, 0.2) is 0 Å². The van der Waals surface area contributed by atoms with Gasteiger partial charge in [-0.2, -0.15) is 0 Å². The molecule has 154 valence electrons. The summed E-state index contributed by atoms with van der Waals surface area (Å²) in [7, 11) is 0. The van der Waals surface area contributed by atoms with Crippen molar-refractivity contribution in [1.29, 1.82) is 0 Å². The maximum atomic E-state index is 12.2. The average Bonchev–Trinajstić information content (AvgIpc) is 3.50. The summed E-state index contributed by atoms with van der Waals surface area (Å²) >= 11 is 0. The maximum absolute atomic E-state index is 12.2. The van der Waals surface area contributed by atoms with Crippen LogP contribution in [0.25, 0.3) is 0 Å². The van der Waals surface area contributed by atoms with Gasteiger partial charge in [-0.15, -0.1) is 0 Å². The molecule has 5 heteroatoms. The maximum Gasteiger partial charge on any atom is 0.317 e. The molecule has 3 rings (SSSR count). The van der Waals surface area contributed by atoms with Crippen molar-refractivity contribution >= 4 is 11.9 Å². The third kappa shape index (κ3) is 6.84. The first-order valence-corrected chi connectivity index (χ1v) is 10.9. The number of carbonyl (C=O) groups excluding carboxylic acids is 2. The molecule has 5 nitrogen and oxygen atoms in total. The number of benzene rings is 1. The zero-order valence-corrected chi connectivity index (χ0v) is 17.4. The lowest BCUT2D eigenvalue weighted by atomic mass is 9.90. The van der Waals surface area contributed by atoms with Crippen LogP contribution < -0.4 is 10.6 Å². The first-order chi connectivity index (χ1) is 13.5. The molecule has 3 amide bonds. The van der Waals surface area contributed by atoms with E-state index in [0.717, 1.165) is 58.2 Å². The summed E-state index contributed by atoms with van der Waals surface area (Å²) in [5.41, 5.74) is 2.58. The van der Waals surface area contributed by atoms with Crippen LogP contribution in [0, 0.1) is 11.8 Å². The lowest BCUT2D eigenvalue weighted by molar-refractivity contribution is -0.121. The molecule has 2 aliphatic rings. The number of nitrogens with one attached hydrogen (secondary N) is 2. The molecule has 1 aromatic rings. The molecule has 2 N–H and O–H groups in total. The molecule has 0 aromatic heterocycles. The molecule has 1 saturated heterocycles. The van der Waals surface area contributed by atoms with E-state index in [1.807, 2.05) is 4.90 Å². The number of piperidine rings is 1. The highest BCUT2D eigenvalue weighted by molar-refractivity contribution is 5.76. The van der Waals surface area contributed by atoms with Crippen molar-refractivity contribution in [1.82, 2.24) is 15.5 Å². The van der Waals surface area contributed by atoms with Crippen molar-refractivity contribution in [2.45, 2.75) is 64.8 Å². The van der Waals surface area contributed by atoms with Gasteiger partial charge in [-0.05, 0) is 61.5 Å². The van der Waals surface area contributed by atoms with Crippen LogP contribution in [-0.2, 0) is 17.6 Å². The topological polar surface area (TPSA) is 61.4 Å². The van der Waals surface area contributed by atoms with Crippen LogP contribution in [0.2, 0.25) is 0 Å². The van der Waals surface area contributed by atoms with E-state index in [1.165, 1.54) is 11.1 Å². The van der Waals surface area contributed by atoms with E-state index in [2.05, 4.69) is 48.7 Å². The van der Waals surface area contributed by atoms with Crippen molar-refractivity contribution in [2.24, 2.45) is 11.8 Å². The number of rotatable bonds is 8. The number of aryl methyl sites for hydroxylation is 1. The lowest BCUT2D eigenvalue weighted by Gasteiger charge is -2.32. The van der Waals surface area contributed by atoms with E-state index in [1.54, 1.807) is 0 Å². The molecule has 0 atom stereocenters. The lowest BCUT2D eigenvalue weighted by Crippen LogP contribution is -2.45. The van der Waals surface area contributed by atoms with Crippen LogP contribution in [-0.4, -0.2) is 42.5 Å². The van der Waals surface area contributed by atoms with Gasteiger partial charge in [0, 0.05) is 32.1 Å². The minimum absolute atomic E-state index is 0.0854. The SMILES string of the molecule is CC(C)CNC(=O)N1CCC(Cc2ccc(CCC(=O)NC3CC3)cc2)CC1. The van der Waals surface area contributed by atoms with Gasteiger partial charge >= 0.3 is 6.03 Å². The Morgan fingerprint density at radius 1 is 1.04 bits per heavy atom. The second kappa shape index (κ2) is 9.94. The fourth-order valence-corrected chi connectivity index (χ4v) is 3.70. The molecular formula is C23H35N3O2. The largest absolute Gasteiger partial charge is 0.353 e. The quantitative estimate of drug-likeness (QED) is 0.719. The average molecular weight is 386 g/mol. The molecule has 1 heterocycles. The van der Waals surface area contributed by atoms with E-state index in [4.69, 9.17) is 0 Å². The minimum atomic E-state index is 0.0854. The van der Waals surface area contributed by atoms with Gasteiger partial charge in [0.25, 0.3) is 0 Å². The second-order valence-electron chi connectivity index (χ2n) is 8.87. The number of urea groups is 1. The van der Waals surface area contributed by atoms with Crippen molar-refractivity contribution in [2.75, 3.05) is 19.6 Å². The van der Waals surface area contributed by atoms with Crippen molar-refractivity contribution in [3.05, 3.63) is 35.4 Å². The number of hydrogen-bond donors (Lipinski definition) is 2. The number of carbonyl (C=O) groups is 2. The first kappa shape index (κ1) is 20.7. The van der Waals surface area contributed by atoms with Crippen LogP contribution in [0.15, 0.2) is 24.3 Å². The molecule has 28 heavy (non-hydrogen) atoms. The molecule has 0 bridgehead atoms. The predicted molar refractivity (Wildman–Crippen MR) is 112 cm³/mol. The van der Waals surface area contributed by atoms with Gasteiger partial charge in [-0.3, -0.25) is 4.79 Å². The van der Waals surface area contributed by atoms with Crippen molar-refractivity contribution in [3.8, 4) is 0 Å². The Balaban J connectivity index is 1.36. The predicted octanol–water partition coefficient (Wildman–Crippen LogP) is 3.52. The fourth-order valence-electron chi connectivity index (χ4n) is 3.70. The highest BCUT2D eigenvalue weighted by Gasteiger charge is 2.23. The van der Waals surface area contributed by atoms with E-state index < -0.39 is 0 Å². The Morgan fingerprint density at radius 2 is 1.68 bits per heavy atom. The number of hydrogen-bond acceptors (Lipinski definition) is 2. The summed E-state index contributed by atoms with van der Waals surface area (Å²) in [5.74, 6) is 1.30. The first-order valence-electron chi connectivity index (χ1n) is 10.9. The fraction of sp³-hybridized carbons (Fsp3) is 0.652. The van der Waals surface area contributed by atoms with Crippen LogP contribution in [0.4, 0.5) is 4.79 Å². The number of amides is 3. The van der Waals surface area contributed by atoms with E-state index >= 15 is 0 Å². The molecule has 0 unspecified atom stereocenters. The Morgan fingerprint density at radius 3 is 2.29 bits per heavy atom. The highest BCUT2D eigenvalue weighted by atomic mass is 16.2. The second-order valence-corrected chi connectivity index (χ2v) is 8.87. The molecule has 2 fully saturated rings. The Kier molecular flexibility index (Phi) is 7.35. The summed E-state index contributed by atoms with van der Waals surface area (Å²) in [5, 5.41) is 6.06. The van der Waals surface area contributed by atoms with Crippen LogP contribution in [0.1, 0.15) is 57.1 Å². The molecule has 0 spiro atoms. The van der Waals surface area contributed by atoms with Gasteiger partial charge in [-0.25, -0.2) is 4.79 Å². The number of nitrogens with zero attached hydrogens (tertiary/aromatic N) is 1. The highest BCUT2D eigenvalue weighted by Crippen LogP contribution is 2.22. The molecule has 0 radical (unpaired) electrons. The van der Waals surface area contributed by atoms with Gasteiger partial charge in [0.1, 0.15) is 0 Å². The molecule has 1 aromatic carbocycles. The zero-order chi connectivity index (χ0) is 19.9. The van der Waals surface area contributed by atoms with E-state index in [-0.39, 0.29) is 11.9 Å². The van der Waals surface area contributed by atoms with Gasteiger partial charge in [-0.1, -0.05) is 38.1 Å². The van der Waals surface area contributed by atoms with Gasteiger partial charge < -0.3 is 15.5 Å².